The zero-order valence-corrected chi connectivity index (χ0v) is 11.7. The molecule has 0 saturated carbocycles. The maximum atomic E-state index is 11.1. The smallest absolute Gasteiger partial charge is 0.351 e. The number of hydrazone groups is 1. The molecule has 0 bridgehead atoms. The summed E-state index contributed by atoms with van der Waals surface area (Å²) in [7, 11) is 0. The van der Waals surface area contributed by atoms with Crippen molar-refractivity contribution in [2.75, 3.05) is 12.0 Å². The minimum Gasteiger partial charge on any atom is -0.462 e. The lowest BCUT2D eigenvalue weighted by atomic mass is 10.3. The summed E-state index contributed by atoms with van der Waals surface area (Å²) in [5.41, 5.74) is 3.46. The molecular formula is C16H16N2O3. The summed E-state index contributed by atoms with van der Waals surface area (Å²) >= 11 is 0. The van der Waals surface area contributed by atoms with Gasteiger partial charge in [-0.05, 0) is 31.2 Å². The number of benzene rings is 2. The first-order chi connectivity index (χ1) is 10.3. The largest absolute Gasteiger partial charge is 0.462 e. The van der Waals surface area contributed by atoms with E-state index in [9.17, 15) is 4.79 Å². The molecule has 2 aromatic rings. The van der Waals surface area contributed by atoms with Crippen LogP contribution in [0.4, 0.5) is 5.69 Å². The van der Waals surface area contributed by atoms with Gasteiger partial charge in [0, 0.05) is 6.07 Å². The van der Waals surface area contributed by atoms with E-state index in [1.165, 1.54) is 0 Å². The normalized spacial score (nSPS) is 10.3. The van der Waals surface area contributed by atoms with Crippen LogP contribution in [0.3, 0.4) is 0 Å². The number of esters is 1. The number of carbonyl (C=O) groups excluding carboxylic acids is 1. The van der Waals surface area contributed by atoms with Crippen LogP contribution in [-0.2, 0) is 9.53 Å². The van der Waals surface area contributed by atoms with Crippen LogP contribution in [0.5, 0.6) is 11.5 Å². The van der Waals surface area contributed by atoms with Crippen LogP contribution < -0.4 is 10.2 Å². The Morgan fingerprint density at radius 2 is 1.90 bits per heavy atom. The first-order valence-electron chi connectivity index (χ1n) is 6.56. The van der Waals surface area contributed by atoms with Crippen LogP contribution in [0.15, 0.2) is 59.7 Å². The van der Waals surface area contributed by atoms with Gasteiger partial charge in [-0.3, -0.25) is 5.43 Å². The van der Waals surface area contributed by atoms with Crippen molar-refractivity contribution in [1.29, 1.82) is 0 Å². The van der Waals surface area contributed by atoms with Crippen molar-refractivity contribution in [3.63, 3.8) is 0 Å². The molecule has 108 valence electrons. The molecule has 5 nitrogen and oxygen atoms in total. The topological polar surface area (TPSA) is 59.9 Å². The number of carbonyl (C=O) groups is 1. The van der Waals surface area contributed by atoms with Gasteiger partial charge in [-0.1, -0.05) is 24.3 Å². The van der Waals surface area contributed by atoms with Crippen molar-refractivity contribution in [2.45, 2.75) is 6.92 Å². The van der Waals surface area contributed by atoms with Gasteiger partial charge in [0.2, 0.25) is 0 Å². The molecule has 0 aliphatic carbocycles. The van der Waals surface area contributed by atoms with E-state index in [-0.39, 0.29) is 0 Å². The summed E-state index contributed by atoms with van der Waals surface area (Å²) in [4.78, 5) is 11.1. The first-order valence-corrected chi connectivity index (χ1v) is 6.56. The number of para-hydroxylation sites is 1. The Kier molecular flexibility index (Phi) is 5.34. The molecule has 2 rings (SSSR count). The second-order valence-electron chi connectivity index (χ2n) is 4.06. The average Bonchev–Trinajstić information content (AvgIpc) is 2.49. The summed E-state index contributed by atoms with van der Waals surface area (Å²) in [6, 6.07) is 16.8. The predicted octanol–water partition coefficient (Wildman–Crippen LogP) is 3.44. The van der Waals surface area contributed by atoms with Crippen molar-refractivity contribution >= 4 is 17.9 Å². The first kappa shape index (κ1) is 14.6. The Labute approximate surface area is 123 Å². The lowest BCUT2D eigenvalue weighted by molar-refractivity contribution is -0.134. The standard InChI is InChI=1S/C16H16N2O3/c1-2-20-16(19)12-17-18-13-7-6-10-15(11-13)21-14-8-4-3-5-9-14/h3-12,18H,2H2,1H3/b17-12+. The Morgan fingerprint density at radius 3 is 2.67 bits per heavy atom. The number of nitrogens with zero attached hydrogens (tertiary/aromatic N) is 1. The highest BCUT2D eigenvalue weighted by Gasteiger charge is 1.99. The van der Waals surface area contributed by atoms with Crippen molar-refractivity contribution in [2.24, 2.45) is 5.10 Å². The number of ether oxygens (including phenoxy) is 2. The van der Waals surface area contributed by atoms with E-state index >= 15 is 0 Å². The quantitative estimate of drug-likeness (QED) is 0.501. The fourth-order valence-corrected chi connectivity index (χ4v) is 1.59. The van der Waals surface area contributed by atoms with Gasteiger partial charge in [-0.15, -0.1) is 0 Å². The number of nitrogens with one attached hydrogen (secondary N) is 1. The Bertz CT molecular complexity index is 612. The minimum atomic E-state index is -0.485. The molecule has 21 heavy (non-hydrogen) atoms. The molecule has 0 aliphatic rings. The number of hydrogen-bond donors (Lipinski definition) is 1. The Morgan fingerprint density at radius 1 is 1.14 bits per heavy atom. The summed E-state index contributed by atoms with van der Waals surface area (Å²) in [5.74, 6) is 0.948. The molecule has 5 heteroatoms. The third-order valence-corrected chi connectivity index (χ3v) is 2.46. The van der Waals surface area contributed by atoms with Gasteiger partial charge in [0.1, 0.15) is 17.7 Å². The molecule has 0 unspecified atom stereocenters. The molecule has 0 saturated heterocycles. The maximum Gasteiger partial charge on any atom is 0.351 e. The molecule has 0 heterocycles. The van der Waals surface area contributed by atoms with E-state index in [0.29, 0.717) is 18.0 Å². The van der Waals surface area contributed by atoms with Gasteiger partial charge >= 0.3 is 5.97 Å². The molecule has 0 fully saturated rings. The van der Waals surface area contributed by atoms with Gasteiger partial charge in [0.05, 0.1) is 12.3 Å². The lowest BCUT2D eigenvalue weighted by Crippen LogP contribution is -2.06. The highest BCUT2D eigenvalue weighted by Crippen LogP contribution is 2.23. The summed E-state index contributed by atoms with van der Waals surface area (Å²) in [6.07, 6.45) is 1.09. The molecule has 0 radical (unpaired) electrons. The van der Waals surface area contributed by atoms with Crippen LogP contribution >= 0.6 is 0 Å². The zero-order valence-electron chi connectivity index (χ0n) is 11.7. The number of anilines is 1. The fourth-order valence-electron chi connectivity index (χ4n) is 1.59. The van der Waals surface area contributed by atoms with Crippen LogP contribution in [-0.4, -0.2) is 18.8 Å². The van der Waals surface area contributed by atoms with Gasteiger partial charge in [0.15, 0.2) is 0 Å². The van der Waals surface area contributed by atoms with Crippen LogP contribution in [0.2, 0.25) is 0 Å². The third kappa shape index (κ3) is 4.99. The van der Waals surface area contributed by atoms with Gasteiger partial charge < -0.3 is 9.47 Å². The Balaban J connectivity index is 1.96. The van der Waals surface area contributed by atoms with Crippen molar-refractivity contribution in [1.82, 2.24) is 0 Å². The van der Waals surface area contributed by atoms with Crippen molar-refractivity contribution in [3.05, 3.63) is 54.6 Å². The second-order valence-corrected chi connectivity index (χ2v) is 4.06. The van der Waals surface area contributed by atoms with E-state index in [1.807, 2.05) is 48.5 Å². The predicted molar refractivity (Wildman–Crippen MR) is 81.7 cm³/mol. The average molecular weight is 284 g/mol. The van der Waals surface area contributed by atoms with E-state index < -0.39 is 5.97 Å². The molecule has 0 aliphatic heterocycles. The lowest BCUT2D eigenvalue weighted by Gasteiger charge is -2.07. The van der Waals surface area contributed by atoms with Gasteiger partial charge in [0.25, 0.3) is 0 Å². The molecule has 0 amide bonds. The molecule has 0 spiro atoms. The van der Waals surface area contributed by atoms with Crippen LogP contribution in [0.25, 0.3) is 0 Å². The summed E-state index contributed by atoms with van der Waals surface area (Å²) in [6.45, 7) is 2.06. The van der Waals surface area contributed by atoms with Crippen molar-refractivity contribution in [3.8, 4) is 11.5 Å². The molecule has 2 aromatic carbocycles. The summed E-state index contributed by atoms with van der Waals surface area (Å²) in [5, 5.41) is 3.80. The monoisotopic (exact) mass is 284 g/mol. The second kappa shape index (κ2) is 7.69. The fraction of sp³-hybridized carbons (Fsp3) is 0.125. The molecular weight excluding hydrogens is 268 g/mol. The van der Waals surface area contributed by atoms with Crippen molar-refractivity contribution < 1.29 is 14.3 Å². The van der Waals surface area contributed by atoms with E-state index in [0.717, 1.165) is 12.0 Å². The number of rotatable bonds is 6. The SMILES string of the molecule is CCOC(=O)/C=N/Nc1cccc(Oc2ccccc2)c1. The number of hydrogen-bond acceptors (Lipinski definition) is 5. The molecule has 0 atom stereocenters. The highest BCUT2D eigenvalue weighted by molar-refractivity contribution is 6.23. The minimum absolute atomic E-state index is 0.325. The maximum absolute atomic E-state index is 11.1. The van der Waals surface area contributed by atoms with E-state index in [4.69, 9.17) is 9.47 Å². The third-order valence-electron chi connectivity index (χ3n) is 2.46. The van der Waals surface area contributed by atoms with E-state index in [1.54, 1.807) is 13.0 Å². The Hall–Kier alpha value is -2.82. The highest BCUT2D eigenvalue weighted by atomic mass is 16.5. The van der Waals surface area contributed by atoms with Crippen LogP contribution in [0.1, 0.15) is 6.92 Å². The molecule has 0 aromatic heterocycles. The zero-order chi connectivity index (χ0) is 14.9. The van der Waals surface area contributed by atoms with Crippen LogP contribution in [0, 0.1) is 0 Å². The van der Waals surface area contributed by atoms with Gasteiger partial charge in [-0.25, -0.2) is 4.79 Å². The molecule has 1 N–H and O–H groups in total. The van der Waals surface area contributed by atoms with Gasteiger partial charge in [-0.2, -0.15) is 5.10 Å². The summed E-state index contributed by atoms with van der Waals surface area (Å²) < 4.78 is 10.4. The van der Waals surface area contributed by atoms with E-state index in [2.05, 4.69) is 10.5 Å².